The van der Waals surface area contributed by atoms with Crippen LogP contribution in [0.2, 0.25) is 0 Å². The third-order valence-electron chi connectivity index (χ3n) is 2.91. The van der Waals surface area contributed by atoms with Gasteiger partial charge in [-0.05, 0) is 38.8 Å². The first-order valence-corrected chi connectivity index (χ1v) is 6.47. The highest BCUT2D eigenvalue weighted by atomic mass is 35.5. The van der Waals surface area contributed by atoms with E-state index in [1.54, 1.807) is 4.90 Å². The van der Waals surface area contributed by atoms with Crippen LogP contribution in [-0.2, 0) is 0 Å². The molecule has 0 unspecified atom stereocenters. The molecule has 0 aliphatic rings. The molecule has 0 aromatic heterocycles. The Morgan fingerprint density at radius 1 is 1.24 bits per heavy atom. The van der Waals surface area contributed by atoms with Crippen molar-refractivity contribution in [1.82, 2.24) is 4.90 Å². The number of halogens is 1. The summed E-state index contributed by atoms with van der Waals surface area (Å²) in [5.41, 5.74) is 4.10. The summed E-state index contributed by atoms with van der Waals surface area (Å²) < 4.78 is 0. The van der Waals surface area contributed by atoms with Crippen LogP contribution >= 0.6 is 11.6 Å². The summed E-state index contributed by atoms with van der Waals surface area (Å²) in [6.07, 6.45) is 0. The topological polar surface area (TPSA) is 20.3 Å². The van der Waals surface area contributed by atoms with Gasteiger partial charge in [-0.25, -0.2) is 0 Å². The monoisotopic (exact) mass is 253 g/mol. The van der Waals surface area contributed by atoms with Crippen LogP contribution in [0.15, 0.2) is 12.1 Å². The highest BCUT2D eigenvalue weighted by molar-refractivity contribution is 6.18. The molecule has 1 aromatic rings. The largest absolute Gasteiger partial charge is 0.338 e. The summed E-state index contributed by atoms with van der Waals surface area (Å²) in [5.74, 6) is 0.562. The lowest BCUT2D eigenvalue weighted by atomic mass is 9.99. The van der Waals surface area contributed by atoms with Crippen molar-refractivity contribution in [2.75, 3.05) is 19.0 Å². The van der Waals surface area contributed by atoms with Crippen LogP contribution < -0.4 is 0 Å². The van der Waals surface area contributed by atoms with Gasteiger partial charge in [-0.1, -0.05) is 17.7 Å². The lowest BCUT2D eigenvalue weighted by Crippen LogP contribution is -2.33. The maximum Gasteiger partial charge on any atom is 0.254 e. The molecule has 0 aliphatic heterocycles. The van der Waals surface area contributed by atoms with Crippen molar-refractivity contribution in [3.8, 4) is 0 Å². The number of alkyl halides is 1. The Kier molecular flexibility index (Phi) is 5.01. The van der Waals surface area contributed by atoms with Gasteiger partial charge in [0.1, 0.15) is 0 Å². The number of benzene rings is 1. The van der Waals surface area contributed by atoms with Gasteiger partial charge in [-0.15, -0.1) is 11.6 Å². The Morgan fingerprint density at radius 2 is 1.76 bits per heavy atom. The molecule has 0 saturated heterocycles. The maximum atomic E-state index is 12.4. The lowest BCUT2D eigenvalue weighted by Gasteiger charge is -2.22. The Hall–Kier alpha value is -1.02. The number of rotatable bonds is 4. The molecular formula is C14H20ClNO. The average Bonchev–Trinajstić information content (AvgIpc) is 2.24. The van der Waals surface area contributed by atoms with Crippen molar-refractivity contribution >= 4 is 17.5 Å². The van der Waals surface area contributed by atoms with Crippen LogP contribution in [0, 0.1) is 20.8 Å². The van der Waals surface area contributed by atoms with Crippen molar-refractivity contribution in [2.24, 2.45) is 0 Å². The minimum absolute atomic E-state index is 0.0863. The van der Waals surface area contributed by atoms with Gasteiger partial charge in [-0.2, -0.15) is 0 Å². The van der Waals surface area contributed by atoms with Gasteiger partial charge in [-0.3, -0.25) is 4.79 Å². The molecule has 1 aromatic carbocycles. The van der Waals surface area contributed by atoms with Gasteiger partial charge in [0.15, 0.2) is 0 Å². The molecule has 0 spiro atoms. The van der Waals surface area contributed by atoms with Crippen LogP contribution in [0.3, 0.4) is 0 Å². The van der Waals surface area contributed by atoms with Crippen molar-refractivity contribution in [2.45, 2.75) is 27.7 Å². The van der Waals surface area contributed by atoms with Crippen molar-refractivity contribution in [3.63, 3.8) is 0 Å². The number of hydrogen-bond donors (Lipinski definition) is 0. The normalized spacial score (nSPS) is 10.4. The third kappa shape index (κ3) is 3.22. The van der Waals surface area contributed by atoms with Gasteiger partial charge in [0, 0.05) is 24.5 Å². The van der Waals surface area contributed by atoms with Crippen molar-refractivity contribution in [3.05, 3.63) is 34.4 Å². The predicted octanol–water partition coefficient (Wildman–Crippen LogP) is 3.31. The van der Waals surface area contributed by atoms with Crippen LogP contribution in [0.25, 0.3) is 0 Å². The Bertz CT molecular complexity index is 392. The van der Waals surface area contributed by atoms with E-state index in [1.807, 2.05) is 27.7 Å². The molecule has 94 valence electrons. The molecule has 3 heteroatoms. The molecule has 1 amide bonds. The Balaban J connectivity index is 3.11. The molecule has 0 heterocycles. The quantitative estimate of drug-likeness (QED) is 0.754. The summed E-state index contributed by atoms with van der Waals surface area (Å²) in [4.78, 5) is 14.2. The highest BCUT2D eigenvalue weighted by Gasteiger charge is 2.18. The van der Waals surface area contributed by atoms with Gasteiger partial charge in [0.2, 0.25) is 0 Å². The number of hydrogen-bond acceptors (Lipinski definition) is 1. The van der Waals surface area contributed by atoms with E-state index in [9.17, 15) is 4.79 Å². The summed E-state index contributed by atoms with van der Waals surface area (Å²) >= 11 is 5.72. The minimum atomic E-state index is 0.0863. The van der Waals surface area contributed by atoms with E-state index in [1.165, 1.54) is 5.56 Å². The zero-order valence-electron chi connectivity index (χ0n) is 11.0. The second-order valence-corrected chi connectivity index (χ2v) is 4.73. The van der Waals surface area contributed by atoms with Gasteiger partial charge in [0.05, 0.1) is 0 Å². The summed E-state index contributed by atoms with van der Waals surface area (Å²) in [5, 5.41) is 0. The fourth-order valence-corrected chi connectivity index (χ4v) is 2.38. The molecule has 0 atom stereocenters. The standard InChI is InChI=1S/C14H20ClNO/c1-5-16(7-6-15)14(17)13-11(3)8-10(2)9-12(13)4/h8-9H,5-7H2,1-4H3. The number of nitrogens with zero attached hydrogens (tertiary/aromatic N) is 1. The smallest absolute Gasteiger partial charge is 0.254 e. The molecule has 0 bridgehead atoms. The minimum Gasteiger partial charge on any atom is -0.338 e. The number of amides is 1. The molecular weight excluding hydrogens is 234 g/mol. The highest BCUT2D eigenvalue weighted by Crippen LogP contribution is 2.18. The SMILES string of the molecule is CCN(CCCl)C(=O)c1c(C)cc(C)cc1C. The predicted molar refractivity (Wildman–Crippen MR) is 73.0 cm³/mol. The second-order valence-electron chi connectivity index (χ2n) is 4.35. The molecule has 0 aliphatic carbocycles. The molecule has 17 heavy (non-hydrogen) atoms. The molecule has 0 fully saturated rings. The summed E-state index contributed by atoms with van der Waals surface area (Å²) in [6.45, 7) is 9.29. The van der Waals surface area contributed by atoms with E-state index in [2.05, 4.69) is 12.1 Å². The molecule has 1 rings (SSSR count). The first-order valence-electron chi connectivity index (χ1n) is 5.94. The average molecular weight is 254 g/mol. The molecule has 2 nitrogen and oxygen atoms in total. The van der Waals surface area contributed by atoms with Gasteiger partial charge >= 0.3 is 0 Å². The Morgan fingerprint density at radius 3 is 2.18 bits per heavy atom. The zero-order valence-corrected chi connectivity index (χ0v) is 11.8. The fraction of sp³-hybridized carbons (Fsp3) is 0.500. The zero-order chi connectivity index (χ0) is 13.0. The molecule has 0 saturated carbocycles. The van der Waals surface area contributed by atoms with E-state index in [4.69, 9.17) is 11.6 Å². The van der Waals surface area contributed by atoms with Crippen LogP contribution in [0.4, 0.5) is 0 Å². The van der Waals surface area contributed by atoms with Crippen LogP contribution in [0.1, 0.15) is 34.0 Å². The molecule has 0 radical (unpaired) electrons. The van der Waals surface area contributed by atoms with Gasteiger partial charge in [0.25, 0.3) is 5.91 Å². The van der Waals surface area contributed by atoms with Crippen molar-refractivity contribution in [1.29, 1.82) is 0 Å². The second kappa shape index (κ2) is 6.06. The summed E-state index contributed by atoms with van der Waals surface area (Å²) in [6, 6.07) is 4.10. The number of carbonyl (C=O) groups is 1. The molecule has 0 N–H and O–H groups in total. The first kappa shape index (κ1) is 14.0. The summed E-state index contributed by atoms with van der Waals surface area (Å²) in [7, 11) is 0. The lowest BCUT2D eigenvalue weighted by molar-refractivity contribution is 0.0772. The fourth-order valence-electron chi connectivity index (χ4n) is 2.18. The number of carbonyl (C=O) groups excluding carboxylic acids is 1. The van der Waals surface area contributed by atoms with E-state index in [0.29, 0.717) is 19.0 Å². The van der Waals surface area contributed by atoms with Gasteiger partial charge < -0.3 is 4.90 Å². The van der Waals surface area contributed by atoms with E-state index < -0.39 is 0 Å². The number of aryl methyl sites for hydroxylation is 3. The first-order chi connectivity index (χ1) is 8.01. The third-order valence-corrected chi connectivity index (χ3v) is 3.08. The van der Waals surface area contributed by atoms with Crippen LogP contribution in [0.5, 0.6) is 0 Å². The van der Waals surface area contributed by atoms with Crippen LogP contribution in [-0.4, -0.2) is 29.8 Å². The van der Waals surface area contributed by atoms with E-state index in [0.717, 1.165) is 16.7 Å². The van der Waals surface area contributed by atoms with E-state index >= 15 is 0 Å². The van der Waals surface area contributed by atoms with E-state index in [-0.39, 0.29) is 5.91 Å². The Labute approximate surface area is 109 Å². The van der Waals surface area contributed by atoms with Crippen molar-refractivity contribution < 1.29 is 4.79 Å². The maximum absolute atomic E-state index is 12.4.